The highest BCUT2D eigenvalue weighted by atomic mass is 32.1. The van der Waals surface area contributed by atoms with Crippen molar-refractivity contribution < 1.29 is 9.53 Å². The Morgan fingerprint density at radius 3 is 2.70 bits per heavy atom. The molecule has 1 saturated heterocycles. The van der Waals surface area contributed by atoms with Gasteiger partial charge in [-0.25, -0.2) is 0 Å². The van der Waals surface area contributed by atoms with Gasteiger partial charge >= 0.3 is 0 Å². The summed E-state index contributed by atoms with van der Waals surface area (Å²) in [5.74, 6) is 0.727. The normalized spacial score (nSPS) is 28.9. The minimum Gasteiger partial charge on any atom is -0.381 e. The Bertz CT molecular complexity index is 547. The third-order valence-electron chi connectivity index (χ3n) is 5.42. The molecule has 0 aromatic carbocycles. The van der Waals surface area contributed by atoms with Gasteiger partial charge in [-0.2, -0.15) is 0 Å². The van der Waals surface area contributed by atoms with Gasteiger partial charge in [0.15, 0.2) is 0 Å². The molecule has 2 heterocycles. The van der Waals surface area contributed by atoms with Crippen LogP contribution in [0.2, 0.25) is 0 Å². The SMILES string of the molecule is O=C(NC1CCCC1)c1cc(C2CC2NC2CCOCC2)cs1. The van der Waals surface area contributed by atoms with E-state index in [0.29, 0.717) is 24.0 Å². The Kier molecular flexibility index (Phi) is 4.69. The maximum Gasteiger partial charge on any atom is 0.261 e. The fraction of sp³-hybridized carbons (Fsp3) is 0.722. The summed E-state index contributed by atoms with van der Waals surface area (Å²) < 4.78 is 5.41. The van der Waals surface area contributed by atoms with Crippen molar-refractivity contribution in [3.63, 3.8) is 0 Å². The second kappa shape index (κ2) is 6.91. The maximum atomic E-state index is 12.3. The first-order valence-electron chi connectivity index (χ1n) is 9.02. The molecule has 4 rings (SSSR count). The average molecular weight is 334 g/mol. The van der Waals surface area contributed by atoms with E-state index in [4.69, 9.17) is 4.74 Å². The number of carbonyl (C=O) groups is 1. The van der Waals surface area contributed by atoms with Crippen molar-refractivity contribution in [2.24, 2.45) is 0 Å². The Balaban J connectivity index is 1.29. The molecule has 1 aliphatic heterocycles. The van der Waals surface area contributed by atoms with Gasteiger partial charge in [-0.1, -0.05) is 12.8 Å². The molecule has 3 fully saturated rings. The van der Waals surface area contributed by atoms with E-state index in [1.54, 1.807) is 11.3 Å². The van der Waals surface area contributed by atoms with Crippen molar-refractivity contribution in [2.75, 3.05) is 13.2 Å². The van der Waals surface area contributed by atoms with Gasteiger partial charge in [0.2, 0.25) is 0 Å². The van der Waals surface area contributed by atoms with E-state index in [1.165, 1.54) is 24.8 Å². The standard InChI is InChI=1S/C18H26N2O2S/c21-18(20-13-3-1-2-4-13)17-9-12(11-23-17)15-10-16(15)19-14-5-7-22-8-6-14/h9,11,13-16,19H,1-8,10H2,(H,20,21). The van der Waals surface area contributed by atoms with Gasteiger partial charge in [0.25, 0.3) is 5.91 Å². The predicted molar refractivity (Wildman–Crippen MR) is 92.2 cm³/mol. The van der Waals surface area contributed by atoms with Crippen LogP contribution in [0.25, 0.3) is 0 Å². The highest BCUT2D eigenvalue weighted by Gasteiger charge is 2.40. The minimum atomic E-state index is 0.128. The monoisotopic (exact) mass is 334 g/mol. The Labute approximate surface area is 142 Å². The van der Waals surface area contributed by atoms with Crippen molar-refractivity contribution in [3.05, 3.63) is 21.9 Å². The zero-order valence-electron chi connectivity index (χ0n) is 13.6. The molecule has 1 aromatic heterocycles. The van der Waals surface area contributed by atoms with Crippen molar-refractivity contribution in [3.8, 4) is 0 Å². The zero-order chi connectivity index (χ0) is 15.6. The van der Waals surface area contributed by atoms with E-state index in [9.17, 15) is 4.79 Å². The molecule has 2 saturated carbocycles. The second-order valence-corrected chi connectivity index (χ2v) is 8.11. The van der Waals surface area contributed by atoms with E-state index in [1.807, 2.05) is 0 Å². The van der Waals surface area contributed by atoms with Gasteiger partial charge < -0.3 is 15.4 Å². The summed E-state index contributed by atoms with van der Waals surface area (Å²) in [7, 11) is 0. The van der Waals surface area contributed by atoms with Crippen LogP contribution in [0.5, 0.6) is 0 Å². The summed E-state index contributed by atoms with van der Waals surface area (Å²) >= 11 is 1.60. The molecule has 5 heteroatoms. The maximum absolute atomic E-state index is 12.3. The fourth-order valence-electron chi connectivity index (χ4n) is 3.91. The molecule has 0 spiro atoms. The second-order valence-electron chi connectivity index (χ2n) is 7.20. The van der Waals surface area contributed by atoms with Crippen molar-refractivity contribution in [1.29, 1.82) is 0 Å². The van der Waals surface area contributed by atoms with Crippen LogP contribution in [0.3, 0.4) is 0 Å². The molecule has 23 heavy (non-hydrogen) atoms. The van der Waals surface area contributed by atoms with Gasteiger partial charge in [0.05, 0.1) is 4.88 Å². The number of ether oxygens (including phenoxy) is 1. The first kappa shape index (κ1) is 15.6. The Hall–Kier alpha value is -0.910. The van der Waals surface area contributed by atoms with E-state index in [-0.39, 0.29) is 5.91 Å². The molecule has 1 amide bonds. The van der Waals surface area contributed by atoms with Crippen LogP contribution in [0.15, 0.2) is 11.4 Å². The molecule has 0 bridgehead atoms. The van der Waals surface area contributed by atoms with E-state index >= 15 is 0 Å². The summed E-state index contributed by atoms with van der Waals surface area (Å²) in [5.41, 5.74) is 1.34. The summed E-state index contributed by atoms with van der Waals surface area (Å²) in [6.07, 6.45) is 8.25. The first-order chi connectivity index (χ1) is 11.3. The fourth-order valence-corrected chi connectivity index (χ4v) is 4.78. The van der Waals surface area contributed by atoms with Crippen LogP contribution >= 0.6 is 11.3 Å². The van der Waals surface area contributed by atoms with Crippen LogP contribution in [-0.4, -0.2) is 37.2 Å². The van der Waals surface area contributed by atoms with Crippen LogP contribution in [-0.2, 0) is 4.74 Å². The number of nitrogens with one attached hydrogen (secondary N) is 2. The zero-order valence-corrected chi connectivity index (χ0v) is 14.4. The Morgan fingerprint density at radius 2 is 1.91 bits per heavy atom. The van der Waals surface area contributed by atoms with Crippen LogP contribution in [0.4, 0.5) is 0 Å². The van der Waals surface area contributed by atoms with Crippen LogP contribution in [0.1, 0.15) is 66.1 Å². The number of hydrogen-bond acceptors (Lipinski definition) is 4. The number of amides is 1. The van der Waals surface area contributed by atoms with Crippen molar-refractivity contribution in [2.45, 2.75) is 69.0 Å². The van der Waals surface area contributed by atoms with E-state index < -0.39 is 0 Å². The number of thiophene rings is 1. The van der Waals surface area contributed by atoms with Gasteiger partial charge in [-0.05, 0) is 49.1 Å². The number of hydrogen-bond donors (Lipinski definition) is 2. The summed E-state index contributed by atoms with van der Waals surface area (Å²) in [4.78, 5) is 13.2. The lowest BCUT2D eigenvalue weighted by molar-refractivity contribution is 0.0774. The van der Waals surface area contributed by atoms with Gasteiger partial charge in [-0.3, -0.25) is 4.79 Å². The van der Waals surface area contributed by atoms with Gasteiger partial charge in [-0.15, -0.1) is 11.3 Å². The lowest BCUT2D eigenvalue weighted by Crippen LogP contribution is -2.36. The third-order valence-corrected chi connectivity index (χ3v) is 6.37. The highest BCUT2D eigenvalue weighted by Crippen LogP contribution is 2.43. The molecular weight excluding hydrogens is 308 g/mol. The van der Waals surface area contributed by atoms with E-state index in [2.05, 4.69) is 22.1 Å². The molecule has 0 radical (unpaired) electrons. The van der Waals surface area contributed by atoms with Crippen molar-refractivity contribution >= 4 is 17.2 Å². The third kappa shape index (κ3) is 3.78. The lowest BCUT2D eigenvalue weighted by atomic mass is 10.1. The number of carbonyl (C=O) groups excluding carboxylic acids is 1. The summed E-state index contributed by atoms with van der Waals surface area (Å²) in [6.45, 7) is 1.78. The quantitative estimate of drug-likeness (QED) is 0.870. The molecular formula is C18H26N2O2S. The Morgan fingerprint density at radius 1 is 1.13 bits per heavy atom. The minimum absolute atomic E-state index is 0.128. The van der Waals surface area contributed by atoms with Gasteiger partial charge in [0, 0.05) is 37.3 Å². The molecule has 3 aliphatic rings. The van der Waals surface area contributed by atoms with Crippen LogP contribution < -0.4 is 10.6 Å². The topological polar surface area (TPSA) is 50.4 Å². The first-order valence-corrected chi connectivity index (χ1v) is 9.90. The smallest absolute Gasteiger partial charge is 0.261 e. The van der Waals surface area contributed by atoms with Crippen molar-refractivity contribution in [1.82, 2.24) is 10.6 Å². The lowest BCUT2D eigenvalue weighted by Gasteiger charge is -2.23. The molecule has 2 aliphatic carbocycles. The molecule has 2 unspecified atom stereocenters. The van der Waals surface area contributed by atoms with Gasteiger partial charge in [0.1, 0.15) is 0 Å². The predicted octanol–water partition coefficient (Wildman–Crippen LogP) is 3.05. The highest BCUT2D eigenvalue weighted by molar-refractivity contribution is 7.12. The molecule has 4 nitrogen and oxygen atoms in total. The van der Waals surface area contributed by atoms with E-state index in [0.717, 1.165) is 43.8 Å². The molecule has 1 aromatic rings. The largest absolute Gasteiger partial charge is 0.381 e. The number of rotatable bonds is 5. The molecule has 126 valence electrons. The molecule has 2 atom stereocenters. The average Bonchev–Trinajstić information content (AvgIpc) is 2.98. The van der Waals surface area contributed by atoms with Crippen LogP contribution in [0, 0.1) is 0 Å². The molecule has 2 N–H and O–H groups in total. The summed E-state index contributed by atoms with van der Waals surface area (Å²) in [5, 5.41) is 9.13. The summed E-state index contributed by atoms with van der Waals surface area (Å²) in [6, 6.07) is 3.73.